The molecule has 1 unspecified atom stereocenters. The third kappa shape index (κ3) is 3.98. The van der Waals surface area contributed by atoms with Gasteiger partial charge in [0.2, 0.25) is 11.2 Å². The number of hydrogen-bond donors (Lipinski definition) is 0. The molecule has 1 fully saturated rings. The van der Waals surface area contributed by atoms with Crippen molar-refractivity contribution in [2.24, 2.45) is 0 Å². The molecule has 0 radical (unpaired) electrons. The van der Waals surface area contributed by atoms with Gasteiger partial charge in [0.1, 0.15) is 24.3 Å². The van der Waals surface area contributed by atoms with Crippen molar-refractivity contribution in [3.63, 3.8) is 0 Å². The Morgan fingerprint density at radius 2 is 2.00 bits per heavy atom. The molecule has 0 aliphatic carbocycles. The van der Waals surface area contributed by atoms with Crippen LogP contribution < -0.4 is 19.6 Å². The lowest BCUT2D eigenvalue weighted by molar-refractivity contribution is 0.0281. The van der Waals surface area contributed by atoms with E-state index in [0.29, 0.717) is 42.4 Å². The molecule has 7 nitrogen and oxygen atoms in total. The Hall–Kier alpha value is -3.03. The summed E-state index contributed by atoms with van der Waals surface area (Å²) >= 11 is 0. The maximum Gasteiger partial charge on any atom is 0.235 e. The third-order valence-corrected chi connectivity index (χ3v) is 5.61. The van der Waals surface area contributed by atoms with Crippen LogP contribution in [0.3, 0.4) is 0 Å². The highest BCUT2D eigenvalue weighted by molar-refractivity contribution is 5.83. The van der Waals surface area contributed by atoms with Gasteiger partial charge < -0.3 is 23.4 Å². The lowest BCUT2D eigenvalue weighted by Crippen LogP contribution is -2.37. The van der Waals surface area contributed by atoms with Gasteiger partial charge in [-0.05, 0) is 44.0 Å². The minimum absolute atomic E-state index is 0.118. The van der Waals surface area contributed by atoms with Gasteiger partial charge in [0.05, 0.1) is 23.7 Å². The Bertz CT molecular complexity index is 1130. The van der Waals surface area contributed by atoms with Crippen molar-refractivity contribution in [3.05, 3.63) is 58.4 Å². The predicted molar refractivity (Wildman–Crippen MR) is 115 cm³/mol. The molecule has 0 saturated carbocycles. The molecule has 5 rings (SSSR count). The minimum Gasteiger partial charge on any atom is -0.490 e. The summed E-state index contributed by atoms with van der Waals surface area (Å²) in [5.74, 6) is 1.91. The Balaban J connectivity index is 1.44. The van der Waals surface area contributed by atoms with E-state index in [-0.39, 0.29) is 17.3 Å². The van der Waals surface area contributed by atoms with Crippen LogP contribution in [0, 0.1) is 0 Å². The molecular weight excluding hydrogens is 398 g/mol. The predicted octanol–water partition coefficient (Wildman–Crippen LogP) is 4.31. The molecule has 3 aromatic rings. The quantitative estimate of drug-likeness (QED) is 0.585. The summed E-state index contributed by atoms with van der Waals surface area (Å²) in [6.07, 6.45) is 3.77. The van der Waals surface area contributed by atoms with E-state index in [1.165, 1.54) is 6.26 Å². The average molecular weight is 423 g/mol. The van der Waals surface area contributed by atoms with E-state index in [0.717, 1.165) is 37.3 Å². The van der Waals surface area contributed by atoms with Crippen molar-refractivity contribution >= 4 is 11.0 Å². The first-order chi connectivity index (χ1) is 15.2. The summed E-state index contributed by atoms with van der Waals surface area (Å²) < 4.78 is 29.0. The zero-order chi connectivity index (χ0) is 21.2. The van der Waals surface area contributed by atoms with Crippen LogP contribution in [0.15, 0.2) is 51.9 Å². The summed E-state index contributed by atoms with van der Waals surface area (Å²) in [4.78, 5) is 15.3. The Labute approximate surface area is 180 Å². The number of para-hydroxylation sites is 2. The van der Waals surface area contributed by atoms with Gasteiger partial charge in [0.25, 0.3) is 0 Å². The fraction of sp³-hybridized carbons (Fsp3) is 0.375. The molecule has 2 aliphatic rings. The smallest absolute Gasteiger partial charge is 0.235 e. The van der Waals surface area contributed by atoms with Crippen molar-refractivity contribution in [1.29, 1.82) is 0 Å². The molecule has 0 N–H and O–H groups in total. The summed E-state index contributed by atoms with van der Waals surface area (Å²) in [6.45, 7) is 5.16. The molecule has 2 aliphatic heterocycles. The molecular formula is C24H25NO6. The Morgan fingerprint density at radius 3 is 2.81 bits per heavy atom. The molecule has 0 spiro atoms. The Morgan fingerprint density at radius 1 is 1.13 bits per heavy atom. The molecule has 0 amide bonds. The normalized spacial score (nSPS) is 18.5. The second-order valence-corrected chi connectivity index (χ2v) is 7.75. The van der Waals surface area contributed by atoms with E-state index in [9.17, 15) is 4.79 Å². The number of hydrogen-bond acceptors (Lipinski definition) is 7. The monoisotopic (exact) mass is 423 g/mol. The number of rotatable bonds is 6. The van der Waals surface area contributed by atoms with E-state index < -0.39 is 0 Å². The summed E-state index contributed by atoms with van der Waals surface area (Å²) in [7, 11) is 0. The molecule has 7 heteroatoms. The zero-order valence-corrected chi connectivity index (χ0v) is 17.5. The summed E-state index contributed by atoms with van der Waals surface area (Å²) in [6, 6.07) is 10.8. The molecule has 31 heavy (non-hydrogen) atoms. The van der Waals surface area contributed by atoms with Crippen LogP contribution in [0.1, 0.15) is 25.3 Å². The van der Waals surface area contributed by atoms with E-state index in [4.69, 9.17) is 23.4 Å². The fourth-order valence-electron chi connectivity index (χ4n) is 4.13. The highest BCUT2D eigenvalue weighted by Gasteiger charge is 2.26. The standard InChI is InChI=1S/C24H25NO6/c1-2-27-20-7-3-4-8-21(20)31-22-14-29-24-17(23(22)26)9-10-19-18(24)13-25(15-30-19)12-16-6-5-11-28-16/h3-4,7-10,14,16H,2,5-6,11-13,15H2,1H3. The van der Waals surface area contributed by atoms with Gasteiger partial charge in [-0.3, -0.25) is 9.69 Å². The molecule has 162 valence electrons. The highest BCUT2D eigenvalue weighted by Crippen LogP contribution is 2.34. The molecule has 0 bridgehead atoms. The summed E-state index contributed by atoms with van der Waals surface area (Å²) in [5, 5.41) is 0.465. The molecule has 3 heterocycles. The van der Waals surface area contributed by atoms with Crippen molar-refractivity contribution in [2.75, 3.05) is 26.5 Å². The first-order valence-corrected chi connectivity index (χ1v) is 10.7. The molecule has 2 aromatic carbocycles. The maximum absolute atomic E-state index is 13.1. The van der Waals surface area contributed by atoms with Gasteiger partial charge in [0, 0.05) is 19.7 Å². The molecule has 1 saturated heterocycles. The fourth-order valence-corrected chi connectivity index (χ4v) is 4.13. The lowest BCUT2D eigenvalue weighted by atomic mass is 10.1. The second-order valence-electron chi connectivity index (χ2n) is 7.75. The van der Waals surface area contributed by atoms with Gasteiger partial charge in [-0.1, -0.05) is 12.1 Å². The van der Waals surface area contributed by atoms with Crippen LogP contribution in [-0.4, -0.2) is 37.5 Å². The van der Waals surface area contributed by atoms with Crippen LogP contribution in [0.4, 0.5) is 0 Å². The number of nitrogens with zero attached hydrogens (tertiary/aromatic N) is 1. The van der Waals surface area contributed by atoms with E-state index >= 15 is 0 Å². The third-order valence-electron chi connectivity index (χ3n) is 5.61. The van der Waals surface area contributed by atoms with Gasteiger partial charge >= 0.3 is 0 Å². The van der Waals surface area contributed by atoms with Crippen molar-refractivity contribution in [2.45, 2.75) is 32.4 Å². The topological polar surface area (TPSA) is 70.4 Å². The van der Waals surface area contributed by atoms with E-state index in [1.807, 2.05) is 25.1 Å². The lowest BCUT2D eigenvalue weighted by Gasteiger charge is -2.30. The van der Waals surface area contributed by atoms with Gasteiger partial charge in [-0.15, -0.1) is 0 Å². The van der Waals surface area contributed by atoms with Crippen molar-refractivity contribution in [3.8, 4) is 23.0 Å². The maximum atomic E-state index is 13.1. The van der Waals surface area contributed by atoms with Gasteiger partial charge in [-0.2, -0.15) is 0 Å². The largest absolute Gasteiger partial charge is 0.490 e. The van der Waals surface area contributed by atoms with Gasteiger partial charge in [0.15, 0.2) is 11.5 Å². The number of benzene rings is 2. The van der Waals surface area contributed by atoms with Crippen molar-refractivity contribution < 1.29 is 23.4 Å². The van der Waals surface area contributed by atoms with Crippen LogP contribution in [0.2, 0.25) is 0 Å². The minimum atomic E-state index is -0.230. The van der Waals surface area contributed by atoms with Crippen LogP contribution in [0.25, 0.3) is 11.0 Å². The van der Waals surface area contributed by atoms with E-state index in [1.54, 1.807) is 18.2 Å². The van der Waals surface area contributed by atoms with Crippen molar-refractivity contribution in [1.82, 2.24) is 4.90 Å². The van der Waals surface area contributed by atoms with Crippen LogP contribution in [0.5, 0.6) is 23.0 Å². The zero-order valence-electron chi connectivity index (χ0n) is 17.5. The first-order valence-electron chi connectivity index (χ1n) is 10.7. The number of ether oxygens (including phenoxy) is 4. The molecule has 1 aromatic heterocycles. The second kappa shape index (κ2) is 8.61. The first kappa shape index (κ1) is 19.9. The number of fused-ring (bicyclic) bond motifs is 3. The Kier molecular flexibility index (Phi) is 5.53. The van der Waals surface area contributed by atoms with Gasteiger partial charge in [-0.25, -0.2) is 0 Å². The average Bonchev–Trinajstić information content (AvgIpc) is 3.30. The SMILES string of the molecule is CCOc1ccccc1Oc1coc2c3c(ccc2c1=O)OCN(CC1CCCO1)C3. The highest BCUT2D eigenvalue weighted by atomic mass is 16.5. The van der Waals surface area contributed by atoms with Crippen LogP contribution >= 0.6 is 0 Å². The molecule has 1 atom stereocenters. The van der Waals surface area contributed by atoms with E-state index in [2.05, 4.69) is 4.90 Å². The van der Waals surface area contributed by atoms with Crippen LogP contribution in [-0.2, 0) is 11.3 Å². The summed E-state index contributed by atoms with van der Waals surface area (Å²) in [5.41, 5.74) is 1.18.